The molecule has 1 aromatic heterocycles. The molecule has 1 aromatic carbocycles. The molecule has 0 saturated carbocycles. The van der Waals surface area contributed by atoms with Gasteiger partial charge in [-0.3, -0.25) is 9.78 Å². The molecule has 0 aliphatic carbocycles. The number of carbonyl (C=O) groups is 1. The number of pyridine rings is 1. The third-order valence-corrected chi connectivity index (χ3v) is 3.11. The van der Waals surface area contributed by atoms with Gasteiger partial charge in [-0.2, -0.15) is 8.78 Å². The smallest absolute Gasteiger partial charge is 0.387 e. The molecule has 0 aliphatic heterocycles. The third-order valence-electron chi connectivity index (χ3n) is 2.88. The van der Waals surface area contributed by atoms with Crippen molar-refractivity contribution >= 4 is 17.5 Å². The van der Waals surface area contributed by atoms with Crippen LogP contribution < -0.4 is 10.1 Å². The summed E-state index contributed by atoms with van der Waals surface area (Å²) in [4.78, 5) is 15.7. The van der Waals surface area contributed by atoms with Crippen molar-refractivity contribution in [3.8, 4) is 5.75 Å². The Morgan fingerprint density at radius 3 is 2.83 bits per heavy atom. The third kappa shape index (κ3) is 5.15. The van der Waals surface area contributed by atoms with Crippen LogP contribution in [0, 0.1) is 0 Å². The minimum Gasteiger partial charge on any atom is -0.435 e. The highest BCUT2D eigenvalue weighted by atomic mass is 35.5. The fourth-order valence-electron chi connectivity index (χ4n) is 1.82. The van der Waals surface area contributed by atoms with Crippen LogP contribution in [0.4, 0.5) is 8.78 Å². The Hall–Kier alpha value is -2.25. The molecular formula is C15H13ClF2N2O3. The second kappa shape index (κ2) is 7.85. The summed E-state index contributed by atoms with van der Waals surface area (Å²) in [5, 5.41) is 12.9. The van der Waals surface area contributed by atoms with Crippen LogP contribution in [0.2, 0.25) is 5.02 Å². The molecule has 5 nitrogen and oxygen atoms in total. The van der Waals surface area contributed by atoms with Gasteiger partial charge in [-0.05, 0) is 29.8 Å². The van der Waals surface area contributed by atoms with E-state index in [0.29, 0.717) is 10.6 Å². The van der Waals surface area contributed by atoms with Crippen molar-refractivity contribution in [2.24, 2.45) is 0 Å². The van der Waals surface area contributed by atoms with Gasteiger partial charge in [0.1, 0.15) is 11.4 Å². The molecule has 8 heteroatoms. The first-order chi connectivity index (χ1) is 11.0. The number of amides is 1. The van der Waals surface area contributed by atoms with Crippen LogP contribution in [0.3, 0.4) is 0 Å². The molecule has 0 aliphatic rings. The van der Waals surface area contributed by atoms with Crippen LogP contribution in [-0.4, -0.2) is 29.2 Å². The second-order valence-corrected chi connectivity index (χ2v) is 4.97. The van der Waals surface area contributed by atoms with E-state index in [-0.39, 0.29) is 18.0 Å². The van der Waals surface area contributed by atoms with E-state index in [0.717, 1.165) is 0 Å². The molecule has 1 amide bonds. The van der Waals surface area contributed by atoms with E-state index in [1.54, 1.807) is 0 Å². The highest BCUT2D eigenvalue weighted by Crippen LogP contribution is 2.20. The molecule has 2 rings (SSSR count). The van der Waals surface area contributed by atoms with Crippen molar-refractivity contribution in [2.75, 3.05) is 6.54 Å². The summed E-state index contributed by atoms with van der Waals surface area (Å²) in [7, 11) is 0. The Kier molecular flexibility index (Phi) is 5.84. The van der Waals surface area contributed by atoms with Gasteiger partial charge in [0.2, 0.25) is 0 Å². The van der Waals surface area contributed by atoms with Crippen LogP contribution >= 0.6 is 11.6 Å². The zero-order chi connectivity index (χ0) is 16.8. The average molecular weight is 343 g/mol. The van der Waals surface area contributed by atoms with E-state index in [1.165, 1.54) is 42.6 Å². The number of nitrogens with zero attached hydrogens (tertiary/aromatic N) is 1. The normalized spacial score (nSPS) is 12.0. The summed E-state index contributed by atoms with van der Waals surface area (Å²) in [5.74, 6) is -0.578. The fraction of sp³-hybridized carbons (Fsp3) is 0.200. The van der Waals surface area contributed by atoms with Crippen LogP contribution in [0.25, 0.3) is 0 Å². The van der Waals surface area contributed by atoms with Crippen LogP contribution in [-0.2, 0) is 0 Å². The number of benzene rings is 1. The van der Waals surface area contributed by atoms with E-state index in [1.807, 2.05) is 0 Å². The minimum atomic E-state index is -2.95. The van der Waals surface area contributed by atoms with Crippen molar-refractivity contribution < 1.29 is 23.4 Å². The first kappa shape index (κ1) is 17.1. The number of hydrogen-bond acceptors (Lipinski definition) is 4. The number of ether oxygens (including phenoxy) is 1. The number of alkyl halides is 2. The summed E-state index contributed by atoms with van der Waals surface area (Å²) >= 11 is 5.76. The molecule has 0 spiro atoms. The molecule has 1 atom stereocenters. The van der Waals surface area contributed by atoms with Gasteiger partial charge in [-0.25, -0.2) is 0 Å². The van der Waals surface area contributed by atoms with Crippen molar-refractivity contribution in [3.05, 3.63) is 58.9 Å². The molecule has 23 heavy (non-hydrogen) atoms. The van der Waals surface area contributed by atoms with E-state index < -0.39 is 18.6 Å². The van der Waals surface area contributed by atoms with Crippen LogP contribution in [0.5, 0.6) is 5.75 Å². The Labute approximate surface area is 135 Å². The van der Waals surface area contributed by atoms with Gasteiger partial charge in [0.25, 0.3) is 5.91 Å². The van der Waals surface area contributed by atoms with Gasteiger partial charge >= 0.3 is 6.61 Å². The van der Waals surface area contributed by atoms with Gasteiger partial charge in [0.05, 0.1) is 6.10 Å². The number of aromatic nitrogens is 1. The van der Waals surface area contributed by atoms with E-state index in [9.17, 15) is 18.7 Å². The number of rotatable bonds is 6. The number of halogens is 3. The van der Waals surface area contributed by atoms with Crippen molar-refractivity contribution in [1.82, 2.24) is 10.3 Å². The molecule has 1 heterocycles. The lowest BCUT2D eigenvalue weighted by molar-refractivity contribution is -0.0499. The standard InChI is InChI=1S/C15H13ClF2N2O3/c16-10-4-5-19-12(7-10)14(22)20-8-13(21)9-2-1-3-11(6-9)23-15(17)18/h1-7,13,15,21H,8H2,(H,20,22). The molecule has 2 aromatic rings. The summed E-state index contributed by atoms with van der Waals surface area (Å²) in [6, 6.07) is 8.54. The Morgan fingerprint density at radius 2 is 2.13 bits per heavy atom. The zero-order valence-corrected chi connectivity index (χ0v) is 12.5. The maximum atomic E-state index is 12.2. The maximum absolute atomic E-state index is 12.2. The van der Waals surface area contributed by atoms with Gasteiger partial charge in [0.15, 0.2) is 0 Å². The molecule has 1 unspecified atom stereocenters. The summed E-state index contributed by atoms with van der Waals surface area (Å²) in [5.41, 5.74) is 0.446. The maximum Gasteiger partial charge on any atom is 0.387 e. The van der Waals surface area contributed by atoms with Crippen molar-refractivity contribution in [2.45, 2.75) is 12.7 Å². The number of nitrogens with one attached hydrogen (secondary N) is 1. The Bertz CT molecular complexity index is 685. The fourth-order valence-corrected chi connectivity index (χ4v) is 1.98. The molecule has 0 bridgehead atoms. The number of hydrogen-bond donors (Lipinski definition) is 2. The Balaban J connectivity index is 1.96. The average Bonchev–Trinajstić information content (AvgIpc) is 2.52. The highest BCUT2D eigenvalue weighted by Gasteiger charge is 2.13. The summed E-state index contributed by atoms with van der Waals surface area (Å²) in [6.07, 6.45) is 0.304. The first-order valence-corrected chi connectivity index (χ1v) is 6.96. The summed E-state index contributed by atoms with van der Waals surface area (Å²) < 4.78 is 28.6. The van der Waals surface area contributed by atoms with Crippen molar-refractivity contribution in [3.63, 3.8) is 0 Å². The van der Waals surface area contributed by atoms with Crippen LogP contribution in [0.1, 0.15) is 22.2 Å². The van der Waals surface area contributed by atoms with Gasteiger partial charge in [-0.1, -0.05) is 23.7 Å². The molecule has 2 N–H and O–H groups in total. The monoisotopic (exact) mass is 342 g/mol. The summed E-state index contributed by atoms with van der Waals surface area (Å²) in [6.45, 7) is -3.07. The van der Waals surface area contributed by atoms with E-state index in [2.05, 4.69) is 15.0 Å². The van der Waals surface area contributed by atoms with Gasteiger partial charge in [-0.15, -0.1) is 0 Å². The van der Waals surface area contributed by atoms with Crippen LogP contribution in [0.15, 0.2) is 42.6 Å². The zero-order valence-electron chi connectivity index (χ0n) is 11.7. The highest BCUT2D eigenvalue weighted by molar-refractivity contribution is 6.30. The molecular weight excluding hydrogens is 330 g/mol. The lowest BCUT2D eigenvalue weighted by Gasteiger charge is -2.13. The minimum absolute atomic E-state index is 0.0700. The lowest BCUT2D eigenvalue weighted by Crippen LogP contribution is -2.29. The second-order valence-electron chi connectivity index (χ2n) is 4.54. The molecule has 0 saturated heterocycles. The van der Waals surface area contributed by atoms with Crippen molar-refractivity contribution in [1.29, 1.82) is 0 Å². The largest absolute Gasteiger partial charge is 0.435 e. The van der Waals surface area contributed by atoms with E-state index >= 15 is 0 Å². The predicted octanol–water partition coefficient (Wildman–Crippen LogP) is 2.80. The molecule has 122 valence electrons. The number of carbonyl (C=O) groups excluding carboxylic acids is 1. The SMILES string of the molecule is O=C(NCC(O)c1cccc(OC(F)F)c1)c1cc(Cl)ccn1. The predicted molar refractivity (Wildman–Crippen MR) is 79.6 cm³/mol. The topological polar surface area (TPSA) is 71.5 Å². The van der Waals surface area contributed by atoms with E-state index in [4.69, 9.17) is 11.6 Å². The number of aliphatic hydroxyl groups excluding tert-OH is 1. The van der Waals surface area contributed by atoms with Gasteiger partial charge < -0.3 is 15.2 Å². The number of aliphatic hydroxyl groups is 1. The first-order valence-electron chi connectivity index (χ1n) is 6.58. The molecule has 0 radical (unpaired) electrons. The quantitative estimate of drug-likeness (QED) is 0.846. The lowest BCUT2D eigenvalue weighted by atomic mass is 10.1. The Morgan fingerprint density at radius 1 is 1.35 bits per heavy atom. The van der Waals surface area contributed by atoms with Gasteiger partial charge in [0, 0.05) is 17.8 Å². The molecule has 0 fully saturated rings.